The van der Waals surface area contributed by atoms with Gasteiger partial charge in [-0.2, -0.15) is 0 Å². The summed E-state index contributed by atoms with van der Waals surface area (Å²) < 4.78 is 21.9. The van der Waals surface area contributed by atoms with E-state index in [1.54, 1.807) is 12.1 Å². The number of carbonyl (C=O) groups excluding carboxylic acids is 1. The Morgan fingerprint density at radius 1 is 1.00 bits per heavy atom. The molecule has 31 heavy (non-hydrogen) atoms. The Kier molecular flexibility index (Phi) is 5.60. The highest BCUT2D eigenvalue weighted by Gasteiger charge is 2.33. The van der Waals surface area contributed by atoms with Crippen LogP contribution in [0.15, 0.2) is 66.9 Å². The monoisotopic (exact) mass is 418 g/mol. The van der Waals surface area contributed by atoms with Crippen molar-refractivity contribution < 1.29 is 13.9 Å². The zero-order valence-corrected chi connectivity index (χ0v) is 17.5. The van der Waals surface area contributed by atoms with E-state index in [-0.39, 0.29) is 17.7 Å². The molecule has 5 rings (SSSR count). The van der Waals surface area contributed by atoms with Crippen molar-refractivity contribution in [3.05, 3.63) is 89.5 Å². The van der Waals surface area contributed by atoms with Gasteiger partial charge in [-0.1, -0.05) is 18.2 Å². The van der Waals surface area contributed by atoms with Crippen LogP contribution in [0.5, 0.6) is 5.75 Å². The summed E-state index contributed by atoms with van der Waals surface area (Å²) >= 11 is 0. The highest BCUT2D eigenvalue weighted by Crippen LogP contribution is 2.39. The molecule has 4 nitrogen and oxygen atoms in total. The van der Waals surface area contributed by atoms with Gasteiger partial charge in [0, 0.05) is 36.2 Å². The van der Waals surface area contributed by atoms with Crippen LogP contribution in [-0.2, 0) is 6.54 Å². The first-order valence-corrected chi connectivity index (χ1v) is 11.1. The summed E-state index contributed by atoms with van der Waals surface area (Å²) in [7, 11) is 0. The van der Waals surface area contributed by atoms with E-state index in [1.807, 2.05) is 6.07 Å². The molecule has 2 aliphatic rings. The predicted octanol–water partition coefficient (Wildman–Crippen LogP) is 5.09. The lowest BCUT2D eigenvalue weighted by Crippen LogP contribution is -2.38. The van der Waals surface area contributed by atoms with Gasteiger partial charge in [0.2, 0.25) is 0 Å². The van der Waals surface area contributed by atoms with E-state index < -0.39 is 0 Å². The third-order valence-electron chi connectivity index (χ3n) is 6.61. The Bertz CT molecular complexity index is 1050. The van der Waals surface area contributed by atoms with Gasteiger partial charge in [0.05, 0.1) is 12.2 Å². The number of para-hydroxylation sites is 1. The number of piperidine rings is 1. The van der Waals surface area contributed by atoms with Crippen LogP contribution in [0.4, 0.5) is 4.39 Å². The molecule has 0 N–H and O–H groups in total. The molecular weight excluding hydrogens is 391 g/mol. The van der Waals surface area contributed by atoms with Crippen LogP contribution in [0, 0.1) is 11.7 Å². The average molecular weight is 419 g/mol. The molecule has 1 fully saturated rings. The van der Waals surface area contributed by atoms with Crippen LogP contribution in [0.3, 0.4) is 0 Å². The predicted molar refractivity (Wildman–Crippen MR) is 118 cm³/mol. The Morgan fingerprint density at radius 3 is 2.58 bits per heavy atom. The third-order valence-corrected chi connectivity index (χ3v) is 6.61. The molecule has 1 aromatic heterocycles. The van der Waals surface area contributed by atoms with E-state index in [9.17, 15) is 9.18 Å². The molecule has 0 spiro atoms. The summed E-state index contributed by atoms with van der Waals surface area (Å²) in [6.07, 6.45) is 4.75. The fourth-order valence-electron chi connectivity index (χ4n) is 4.82. The van der Waals surface area contributed by atoms with Crippen molar-refractivity contribution in [2.24, 2.45) is 5.92 Å². The molecular formula is C26H27FN2O2. The van der Waals surface area contributed by atoms with Gasteiger partial charge in [-0.05, 0) is 68.4 Å². The number of hydrogen-bond acceptors (Lipinski definition) is 3. The molecule has 0 bridgehead atoms. The Hall–Kier alpha value is -2.92. The fourth-order valence-corrected chi connectivity index (χ4v) is 4.82. The lowest BCUT2D eigenvalue weighted by Gasteiger charge is -2.35. The number of ether oxygens (including phenoxy) is 1. The lowest BCUT2D eigenvalue weighted by atomic mass is 9.89. The topological polar surface area (TPSA) is 34.5 Å². The zero-order chi connectivity index (χ0) is 21.2. The highest BCUT2D eigenvalue weighted by atomic mass is 19.1. The first-order chi connectivity index (χ1) is 15.2. The average Bonchev–Trinajstić information content (AvgIpc) is 3.19. The van der Waals surface area contributed by atoms with Crippen LogP contribution < -0.4 is 4.74 Å². The molecule has 2 aliphatic heterocycles. The smallest absolute Gasteiger partial charge is 0.164 e. The van der Waals surface area contributed by atoms with Gasteiger partial charge in [-0.15, -0.1) is 0 Å². The summed E-state index contributed by atoms with van der Waals surface area (Å²) in [6.45, 7) is 3.51. The zero-order valence-electron chi connectivity index (χ0n) is 17.5. The second-order valence-corrected chi connectivity index (χ2v) is 8.57. The first-order valence-electron chi connectivity index (χ1n) is 11.1. The number of nitrogens with zero attached hydrogens (tertiary/aromatic N) is 2. The quantitative estimate of drug-likeness (QED) is 0.541. The van der Waals surface area contributed by atoms with Crippen molar-refractivity contribution >= 4 is 5.78 Å². The van der Waals surface area contributed by atoms with Crippen molar-refractivity contribution in [2.45, 2.75) is 31.9 Å². The van der Waals surface area contributed by atoms with E-state index in [0.717, 1.165) is 44.8 Å². The van der Waals surface area contributed by atoms with Gasteiger partial charge in [-0.25, -0.2) is 4.39 Å². The van der Waals surface area contributed by atoms with E-state index in [2.05, 4.69) is 46.0 Å². The molecule has 2 aromatic carbocycles. The summed E-state index contributed by atoms with van der Waals surface area (Å²) in [5.74, 6) is 1.20. The van der Waals surface area contributed by atoms with Crippen molar-refractivity contribution in [1.82, 2.24) is 9.47 Å². The van der Waals surface area contributed by atoms with E-state index in [1.165, 1.54) is 23.4 Å². The largest absolute Gasteiger partial charge is 0.484 e. The van der Waals surface area contributed by atoms with Crippen molar-refractivity contribution in [3.8, 4) is 5.75 Å². The molecule has 1 saturated heterocycles. The van der Waals surface area contributed by atoms with Gasteiger partial charge >= 0.3 is 0 Å². The maximum Gasteiger partial charge on any atom is 0.164 e. The number of hydrogen-bond donors (Lipinski definition) is 0. The van der Waals surface area contributed by atoms with Crippen LogP contribution in [0.1, 0.15) is 47.0 Å². The Morgan fingerprint density at radius 2 is 1.77 bits per heavy atom. The molecule has 0 radical (unpaired) electrons. The third kappa shape index (κ3) is 4.28. The molecule has 0 saturated carbocycles. The van der Waals surface area contributed by atoms with Gasteiger partial charge in [0.15, 0.2) is 5.78 Å². The Balaban J connectivity index is 1.21. The van der Waals surface area contributed by atoms with Crippen LogP contribution in [0.2, 0.25) is 0 Å². The maximum atomic E-state index is 13.1. The number of carbonyl (C=O) groups is 1. The lowest BCUT2D eigenvalue weighted by molar-refractivity contribution is 0.0713. The molecule has 1 unspecified atom stereocenters. The highest BCUT2D eigenvalue weighted by molar-refractivity contribution is 5.96. The van der Waals surface area contributed by atoms with Crippen molar-refractivity contribution in [1.29, 1.82) is 0 Å². The number of Topliss-reactive ketones (excluding diaryl/α,β-unsaturated/α-hetero) is 1. The van der Waals surface area contributed by atoms with Crippen LogP contribution in [0.25, 0.3) is 0 Å². The number of benzene rings is 2. The van der Waals surface area contributed by atoms with E-state index in [0.29, 0.717) is 17.9 Å². The standard InChI is InChI=1S/C26H27FN2O2/c27-22-9-7-19(8-10-22)24(30)13-17-28-15-11-20(12-16-28)26-23-5-3-14-29(23)18-21-4-1-2-6-25(21)31-26/h1-10,14,20,26H,11-13,15-18H2. The Labute approximate surface area is 182 Å². The number of fused-ring (bicyclic) bond motifs is 2. The molecule has 3 heterocycles. The number of halogens is 1. The minimum Gasteiger partial charge on any atom is -0.484 e. The molecule has 1 atom stereocenters. The molecule has 0 amide bonds. The van der Waals surface area contributed by atoms with Crippen molar-refractivity contribution in [3.63, 3.8) is 0 Å². The van der Waals surface area contributed by atoms with Gasteiger partial charge in [0.1, 0.15) is 17.7 Å². The molecule has 3 aromatic rings. The van der Waals surface area contributed by atoms with E-state index >= 15 is 0 Å². The summed E-state index contributed by atoms with van der Waals surface area (Å²) in [4.78, 5) is 14.8. The minimum atomic E-state index is -0.312. The second-order valence-electron chi connectivity index (χ2n) is 8.57. The SMILES string of the molecule is O=C(CCN1CCC(C2Oc3ccccc3Cn3cccc32)CC1)c1ccc(F)cc1. The molecule has 0 aliphatic carbocycles. The molecule has 160 valence electrons. The number of ketones is 1. The maximum absolute atomic E-state index is 13.1. The van der Waals surface area contributed by atoms with Crippen LogP contribution >= 0.6 is 0 Å². The van der Waals surface area contributed by atoms with Gasteiger partial charge in [0.25, 0.3) is 0 Å². The second kappa shape index (κ2) is 8.67. The number of aromatic nitrogens is 1. The van der Waals surface area contributed by atoms with Gasteiger partial charge in [-0.3, -0.25) is 4.79 Å². The summed E-state index contributed by atoms with van der Waals surface area (Å²) in [5.41, 5.74) is 3.06. The summed E-state index contributed by atoms with van der Waals surface area (Å²) in [5, 5.41) is 0. The first kappa shape index (κ1) is 20.0. The molecule has 5 heteroatoms. The normalized spacial score (nSPS) is 19.2. The fraction of sp³-hybridized carbons (Fsp3) is 0.346. The van der Waals surface area contributed by atoms with Gasteiger partial charge < -0.3 is 14.2 Å². The van der Waals surface area contributed by atoms with Crippen LogP contribution in [-0.4, -0.2) is 34.9 Å². The number of rotatable bonds is 5. The summed E-state index contributed by atoms with van der Waals surface area (Å²) in [6, 6.07) is 18.4. The minimum absolute atomic E-state index is 0.0571. The number of likely N-dealkylation sites (tertiary alicyclic amines) is 1. The van der Waals surface area contributed by atoms with Crippen molar-refractivity contribution in [2.75, 3.05) is 19.6 Å². The van der Waals surface area contributed by atoms with E-state index in [4.69, 9.17) is 4.74 Å².